The molecule has 0 aromatic heterocycles. The molecule has 0 radical (unpaired) electrons. The number of fused-ring (bicyclic) bond motifs is 1. The van der Waals surface area contributed by atoms with E-state index in [1.54, 1.807) is 6.92 Å². The Morgan fingerprint density at radius 1 is 1.25 bits per heavy atom. The van der Waals surface area contributed by atoms with Crippen LogP contribution in [0.15, 0.2) is 35.1 Å². The molecule has 0 aromatic carbocycles. The summed E-state index contributed by atoms with van der Waals surface area (Å²) in [5, 5.41) is 0. The largest absolute Gasteiger partial charge is 0.489 e. The van der Waals surface area contributed by atoms with Crippen molar-refractivity contribution in [2.75, 3.05) is 6.61 Å². The number of carbonyl (C=O) groups excluding carboxylic acids is 3. The number of esters is 1. The minimum Gasteiger partial charge on any atom is -0.489 e. The average Bonchev–Trinajstić information content (AvgIpc) is 2.92. The van der Waals surface area contributed by atoms with Crippen LogP contribution in [0.3, 0.4) is 0 Å². The molecule has 1 aliphatic carbocycles. The minimum absolute atomic E-state index is 0.0863. The van der Waals surface area contributed by atoms with Gasteiger partial charge >= 0.3 is 5.97 Å². The van der Waals surface area contributed by atoms with Gasteiger partial charge in [-0.25, -0.2) is 0 Å². The van der Waals surface area contributed by atoms with E-state index in [1.807, 2.05) is 25.2 Å². The van der Waals surface area contributed by atoms with Crippen LogP contribution in [0, 0.1) is 11.8 Å². The Kier molecular flexibility index (Phi) is 6.21. The third kappa shape index (κ3) is 3.71. The molecule has 0 saturated carbocycles. The number of Topliss-reactive ketones (excluding diaryl/α,β-unsaturated/α-hetero) is 2. The molecule has 3 atom stereocenters. The second kappa shape index (κ2) is 8.46. The van der Waals surface area contributed by atoms with Gasteiger partial charge in [-0.05, 0) is 44.4 Å². The Balaban J connectivity index is 1.78. The van der Waals surface area contributed by atoms with Gasteiger partial charge in [0.25, 0.3) is 0 Å². The summed E-state index contributed by atoms with van der Waals surface area (Å²) in [7, 11) is 0. The molecule has 2 heterocycles. The van der Waals surface area contributed by atoms with E-state index >= 15 is 0 Å². The molecule has 3 rings (SSSR count). The van der Waals surface area contributed by atoms with Crippen LogP contribution >= 0.6 is 0 Å². The summed E-state index contributed by atoms with van der Waals surface area (Å²) < 4.78 is 11.2. The lowest BCUT2D eigenvalue weighted by molar-refractivity contribution is -0.157. The maximum Gasteiger partial charge on any atom is 0.317 e. The average molecular weight is 386 g/mol. The standard InChI is InChI=1S/C23H30O5/c1-4-6-7-8-9-11-19(24)20-18-13-15-12-16(10-5-2)27-14-17(15)21(25)23(18,3)28-22(20)26/h5,10,12,18,20H,4,6-9,11,13-14H2,1-3H3/b10-5+/t18?,20-,23+/m0/s1. The molecule has 1 fully saturated rings. The van der Waals surface area contributed by atoms with E-state index in [1.165, 1.54) is 0 Å². The first-order valence-electron chi connectivity index (χ1n) is 10.4. The van der Waals surface area contributed by atoms with E-state index in [0.717, 1.165) is 37.7 Å². The maximum atomic E-state index is 13.1. The first-order valence-corrected chi connectivity index (χ1v) is 10.4. The summed E-state index contributed by atoms with van der Waals surface area (Å²) in [6.07, 6.45) is 11.6. The van der Waals surface area contributed by atoms with Gasteiger partial charge in [0.1, 0.15) is 24.1 Å². The van der Waals surface area contributed by atoms with Gasteiger partial charge in [0.2, 0.25) is 5.78 Å². The summed E-state index contributed by atoms with van der Waals surface area (Å²) in [6.45, 7) is 5.88. The molecular weight excluding hydrogens is 356 g/mol. The van der Waals surface area contributed by atoms with Crippen LogP contribution in [0.1, 0.15) is 65.7 Å². The molecule has 0 bridgehead atoms. The monoisotopic (exact) mass is 386 g/mol. The van der Waals surface area contributed by atoms with Crippen LogP contribution in [-0.4, -0.2) is 29.7 Å². The number of unbranched alkanes of at least 4 members (excludes halogenated alkanes) is 4. The van der Waals surface area contributed by atoms with Gasteiger partial charge in [-0.15, -0.1) is 0 Å². The molecule has 0 aromatic rings. The highest BCUT2D eigenvalue weighted by molar-refractivity contribution is 6.10. The number of allylic oxidation sites excluding steroid dienone is 4. The molecule has 5 heteroatoms. The number of rotatable bonds is 8. The fourth-order valence-electron chi connectivity index (χ4n) is 4.51. The Bertz CT molecular complexity index is 757. The maximum absolute atomic E-state index is 13.1. The highest BCUT2D eigenvalue weighted by Gasteiger charge is 2.61. The van der Waals surface area contributed by atoms with Gasteiger partial charge in [-0.1, -0.05) is 38.7 Å². The molecule has 28 heavy (non-hydrogen) atoms. The normalized spacial score (nSPS) is 29.3. The third-order valence-corrected chi connectivity index (χ3v) is 6.13. The lowest BCUT2D eigenvalue weighted by Crippen LogP contribution is -2.48. The second-order valence-electron chi connectivity index (χ2n) is 8.12. The lowest BCUT2D eigenvalue weighted by atomic mass is 9.67. The quantitative estimate of drug-likeness (QED) is 0.355. The van der Waals surface area contributed by atoms with E-state index in [-0.39, 0.29) is 18.2 Å². The molecule has 152 valence electrons. The van der Waals surface area contributed by atoms with Crippen molar-refractivity contribution in [1.82, 2.24) is 0 Å². The van der Waals surface area contributed by atoms with Crippen molar-refractivity contribution < 1.29 is 23.9 Å². The molecule has 3 aliphatic rings. The molecular formula is C23H30O5. The molecule has 0 amide bonds. The van der Waals surface area contributed by atoms with Gasteiger partial charge in [-0.3, -0.25) is 14.4 Å². The summed E-state index contributed by atoms with van der Waals surface area (Å²) in [5.41, 5.74) is 0.173. The van der Waals surface area contributed by atoms with Gasteiger partial charge in [0.15, 0.2) is 5.60 Å². The van der Waals surface area contributed by atoms with Crippen molar-refractivity contribution in [3.05, 3.63) is 35.1 Å². The minimum atomic E-state index is -1.26. The molecule has 1 saturated heterocycles. The molecule has 0 N–H and O–H groups in total. The van der Waals surface area contributed by atoms with Crippen molar-refractivity contribution in [1.29, 1.82) is 0 Å². The van der Waals surface area contributed by atoms with Crippen LogP contribution in [0.25, 0.3) is 0 Å². The predicted octanol–water partition coefficient (Wildman–Crippen LogP) is 4.22. The van der Waals surface area contributed by atoms with Gasteiger partial charge in [0.05, 0.1) is 0 Å². The lowest BCUT2D eigenvalue weighted by Gasteiger charge is -2.37. The van der Waals surface area contributed by atoms with Crippen LogP contribution in [0.5, 0.6) is 0 Å². The fourth-order valence-corrected chi connectivity index (χ4v) is 4.51. The van der Waals surface area contributed by atoms with E-state index in [2.05, 4.69) is 6.92 Å². The van der Waals surface area contributed by atoms with Crippen LogP contribution in [0.2, 0.25) is 0 Å². The summed E-state index contributed by atoms with van der Waals surface area (Å²) in [6, 6.07) is 0. The van der Waals surface area contributed by atoms with E-state index in [0.29, 0.717) is 24.2 Å². The van der Waals surface area contributed by atoms with Gasteiger partial charge in [-0.2, -0.15) is 0 Å². The van der Waals surface area contributed by atoms with Crippen molar-refractivity contribution >= 4 is 17.5 Å². The predicted molar refractivity (Wildman–Crippen MR) is 105 cm³/mol. The number of ketones is 2. The van der Waals surface area contributed by atoms with Crippen molar-refractivity contribution in [2.24, 2.45) is 11.8 Å². The molecule has 0 spiro atoms. The Morgan fingerprint density at radius 3 is 2.71 bits per heavy atom. The smallest absolute Gasteiger partial charge is 0.317 e. The highest BCUT2D eigenvalue weighted by Crippen LogP contribution is 2.48. The topological polar surface area (TPSA) is 69.7 Å². The van der Waals surface area contributed by atoms with E-state index in [9.17, 15) is 14.4 Å². The first kappa shape index (κ1) is 20.6. The van der Waals surface area contributed by atoms with Crippen molar-refractivity contribution in [3.63, 3.8) is 0 Å². The zero-order valence-corrected chi connectivity index (χ0v) is 17.1. The number of hydrogen-bond acceptors (Lipinski definition) is 5. The third-order valence-electron chi connectivity index (χ3n) is 6.13. The number of hydrogen-bond donors (Lipinski definition) is 0. The first-order chi connectivity index (χ1) is 13.4. The number of carbonyl (C=O) groups is 3. The van der Waals surface area contributed by atoms with E-state index in [4.69, 9.17) is 9.47 Å². The van der Waals surface area contributed by atoms with Gasteiger partial charge in [0, 0.05) is 17.9 Å². The molecule has 5 nitrogen and oxygen atoms in total. The van der Waals surface area contributed by atoms with Crippen molar-refractivity contribution in [3.8, 4) is 0 Å². The van der Waals surface area contributed by atoms with E-state index < -0.39 is 23.4 Å². The SMILES string of the molecule is C/C=C/C1=CC2=C(CO1)C(=O)[C@]1(C)OC(=O)[C@H](C(=O)CCCCCCC)C1C2. The fraction of sp³-hybridized carbons (Fsp3) is 0.609. The Hall–Kier alpha value is -2.17. The Labute approximate surface area is 166 Å². The highest BCUT2D eigenvalue weighted by atomic mass is 16.6. The molecule has 2 aliphatic heterocycles. The Morgan fingerprint density at radius 2 is 2.00 bits per heavy atom. The van der Waals surface area contributed by atoms with Gasteiger partial charge < -0.3 is 9.47 Å². The van der Waals surface area contributed by atoms with Crippen LogP contribution in [0.4, 0.5) is 0 Å². The summed E-state index contributed by atoms with van der Waals surface area (Å²) >= 11 is 0. The van der Waals surface area contributed by atoms with Crippen molar-refractivity contribution in [2.45, 2.75) is 71.3 Å². The molecule has 1 unspecified atom stereocenters. The van der Waals surface area contributed by atoms with Crippen LogP contribution in [-0.2, 0) is 23.9 Å². The summed E-state index contributed by atoms with van der Waals surface area (Å²) in [4.78, 5) is 38.5. The number of ether oxygens (including phenoxy) is 2. The summed E-state index contributed by atoms with van der Waals surface area (Å²) in [5.74, 6) is -1.43. The zero-order chi connectivity index (χ0) is 20.3. The second-order valence-corrected chi connectivity index (χ2v) is 8.12. The van der Waals surface area contributed by atoms with Crippen LogP contribution < -0.4 is 0 Å². The zero-order valence-electron chi connectivity index (χ0n) is 17.1.